The second-order valence-corrected chi connectivity index (χ2v) is 11.2. The third-order valence-electron chi connectivity index (χ3n) is 4.63. The molecule has 3 heterocycles. The molecule has 1 aliphatic rings. The van der Waals surface area contributed by atoms with Crippen LogP contribution in [0.2, 0.25) is 0 Å². The maximum absolute atomic E-state index is 12.4. The minimum atomic E-state index is -3.05. The van der Waals surface area contributed by atoms with Gasteiger partial charge >= 0.3 is 5.97 Å². The topological polar surface area (TPSA) is 120 Å². The van der Waals surface area contributed by atoms with Crippen molar-refractivity contribution in [3.05, 3.63) is 35.0 Å². The molecule has 9 nitrogen and oxygen atoms in total. The van der Waals surface area contributed by atoms with Crippen LogP contribution in [0.15, 0.2) is 23.9 Å². The molecular formula is C19H24N4O5S3. The zero-order chi connectivity index (χ0) is 22.6. The highest BCUT2D eigenvalue weighted by molar-refractivity contribution is 7.99. The summed E-state index contributed by atoms with van der Waals surface area (Å²) in [5.74, 6) is 0.0570. The van der Waals surface area contributed by atoms with Crippen molar-refractivity contribution in [2.24, 2.45) is 0 Å². The third kappa shape index (κ3) is 5.74. The number of esters is 1. The van der Waals surface area contributed by atoms with E-state index in [4.69, 9.17) is 4.74 Å². The zero-order valence-corrected chi connectivity index (χ0v) is 19.7. The summed E-state index contributed by atoms with van der Waals surface area (Å²) >= 11 is 2.38. The van der Waals surface area contributed by atoms with Crippen molar-refractivity contribution in [3.63, 3.8) is 0 Å². The smallest absolute Gasteiger partial charge is 0.348 e. The van der Waals surface area contributed by atoms with Gasteiger partial charge in [0.15, 0.2) is 15.0 Å². The van der Waals surface area contributed by atoms with Gasteiger partial charge in [0, 0.05) is 12.5 Å². The number of carbonyl (C=O) groups is 2. The SMILES string of the molecule is C=CCn1c(SCC(=O)Nc2cc(C)c(C(=O)OCC)s2)nnc1[C@H]1CCS(=O)(=O)C1. The van der Waals surface area contributed by atoms with Gasteiger partial charge < -0.3 is 14.6 Å². The lowest BCUT2D eigenvalue weighted by Crippen LogP contribution is -2.14. The summed E-state index contributed by atoms with van der Waals surface area (Å²) in [6.07, 6.45) is 2.20. The Kier molecular flexibility index (Phi) is 7.55. The molecule has 12 heteroatoms. The molecule has 31 heavy (non-hydrogen) atoms. The van der Waals surface area contributed by atoms with Crippen LogP contribution >= 0.6 is 23.1 Å². The van der Waals surface area contributed by atoms with Crippen LogP contribution in [-0.4, -0.2) is 58.9 Å². The number of nitrogens with zero attached hydrogens (tertiary/aromatic N) is 3. The first-order valence-corrected chi connectivity index (χ1v) is 13.3. The molecule has 1 fully saturated rings. The van der Waals surface area contributed by atoms with Crippen molar-refractivity contribution in [3.8, 4) is 0 Å². The fourth-order valence-electron chi connectivity index (χ4n) is 3.25. The lowest BCUT2D eigenvalue weighted by Gasteiger charge is -2.11. The monoisotopic (exact) mass is 484 g/mol. The fraction of sp³-hybridized carbons (Fsp3) is 0.474. The maximum Gasteiger partial charge on any atom is 0.348 e. The molecule has 1 N–H and O–H groups in total. The number of nitrogens with one attached hydrogen (secondary N) is 1. The van der Waals surface area contributed by atoms with Gasteiger partial charge in [0.2, 0.25) is 5.91 Å². The van der Waals surface area contributed by atoms with Gasteiger partial charge in [-0.15, -0.1) is 28.1 Å². The lowest BCUT2D eigenvalue weighted by molar-refractivity contribution is -0.113. The number of rotatable bonds is 9. The van der Waals surface area contributed by atoms with Gasteiger partial charge in [0.25, 0.3) is 0 Å². The highest BCUT2D eigenvalue weighted by atomic mass is 32.2. The van der Waals surface area contributed by atoms with Gasteiger partial charge in [-0.05, 0) is 31.9 Å². The molecule has 1 aliphatic heterocycles. The third-order valence-corrected chi connectivity index (χ3v) is 8.50. The number of sulfone groups is 1. The number of allylic oxidation sites excluding steroid dienone is 1. The molecule has 168 valence electrons. The van der Waals surface area contributed by atoms with Gasteiger partial charge in [0.1, 0.15) is 10.7 Å². The molecule has 0 saturated carbocycles. The Balaban J connectivity index is 1.65. The number of hydrogen-bond donors (Lipinski definition) is 1. The van der Waals surface area contributed by atoms with Gasteiger partial charge in [0.05, 0.1) is 28.9 Å². The van der Waals surface area contributed by atoms with Crippen molar-refractivity contribution in [1.82, 2.24) is 14.8 Å². The summed E-state index contributed by atoms with van der Waals surface area (Å²) in [7, 11) is -3.05. The highest BCUT2D eigenvalue weighted by Gasteiger charge is 2.33. The zero-order valence-electron chi connectivity index (χ0n) is 17.3. The second-order valence-electron chi connectivity index (χ2n) is 7.02. The average molecular weight is 485 g/mol. The molecule has 2 aromatic heterocycles. The molecule has 0 radical (unpaired) electrons. The molecule has 0 aliphatic carbocycles. The minimum absolute atomic E-state index is 0.0634. The van der Waals surface area contributed by atoms with Crippen LogP contribution in [-0.2, 0) is 25.9 Å². The summed E-state index contributed by atoms with van der Waals surface area (Å²) in [4.78, 5) is 24.8. The van der Waals surface area contributed by atoms with Crippen molar-refractivity contribution < 1.29 is 22.7 Å². The first kappa shape index (κ1) is 23.5. The predicted molar refractivity (Wildman–Crippen MR) is 121 cm³/mol. The predicted octanol–water partition coefficient (Wildman–Crippen LogP) is 2.64. The van der Waals surface area contributed by atoms with Crippen LogP contribution in [0, 0.1) is 6.92 Å². The van der Waals surface area contributed by atoms with Crippen LogP contribution in [0.3, 0.4) is 0 Å². The van der Waals surface area contributed by atoms with E-state index in [0.717, 1.165) is 5.56 Å². The van der Waals surface area contributed by atoms with Gasteiger partial charge in [-0.1, -0.05) is 17.8 Å². The van der Waals surface area contributed by atoms with Gasteiger partial charge in [-0.3, -0.25) is 4.79 Å². The van der Waals surface area contributed by atoms with Crippen molar-refractivity contribution in [1.29, 1.82) is 0 Å². The van der Waals surface area contributed by atoms with E-state index in [9.17, 15) is 18.0 Å². The Morgan fingerprint density at radius 1 is 1.45 bits per heavy atom. The van der Waals surface area contributed by atoms with Gasteiger partial charge in [-0.25, -0.2) is 13.2 Å². The van der Waals surface area contributed by atoms with E-state index in [-0.39, 0.29) is 35.7 Å². The maximum atomic E-state index is 12.4. The van der Waals surface area contributed by atoms with Crippen molar-refractivity contribution >= 4 is 49.8 Å². The molecule has 1 amide bonds. The first-order chi connectivity index (χ1) is 14.7. The summed E-state index contributed by atoms with van der Waals surface area (Å²) in [6, 6.07) is 1.73. The van der Waals surface area contributed by atoms with Crippen molar-refractivity contribution in [2.75, 3.05) is 29.2 Å². The molecule has 0 bridgehead atoms. The molecule has 1 saturated heterocycles. The van der Waals surface area contributed by atoms with Crippen LogP contribution in [0.4, 0.5) is 5.00 Å². The van der Waals surface area contributed by atoms with Crippen LogP contribution in [0.1, 0.15) is 40.3 Å². The fourth-order valence-corrected chi connectivity index (χ4v) is 6.73. The van der Waals surface area contributed by atoms with E-state index in [1.165, 1.54) is 23.1 Å². The molecule has 1 atom stereocenters. The van der Waals surface area contributed by atoms with E-state index >= 15 is 0 Å². The molecule has 2 aromatic rings. The number of thioether (sulfide) groups is 1. The number of hydrogen-bond acceptors (Lipinski definition) is 9. The van der Waals surface area contributed by atoms with E-state index in [1.807, 2.05) is 4.57 Å². The second kappa shape index (κ2) is 9.96. The number of carbonyl (C=O) groups excluding carboxylic acids is 2. The summed E-state index contributed by atoms with van der Waals surface area (Å²) in [6.45, 7) is 7.98. The van der Waals surface area contributed by atoms with Gasteiger partial charge in [-0.2, -0.15) is 0 Å². The Hall–Kier alpha value is -2.18. The Morgan fingerprint density at radius 3 is 2.87 bits per heavy atom. The molecular weight excluding hydrogens is 460 g/mol. The normalized spacial score (nSPS) is 17.4. The Bertz CT molecular complexity index is 1090. The van der Waals surface area contributed by atoms with E-state index in [1.54, 1.807) is 26.0 Å². The van der Waals surface area contributed by atoms with E-state index in [0.29, 0.717) is 33.8 Å². The first-order valence-electron chi connectivity index (χ1n) is 9.68. The quantitative estimate of drug-likeness (QED) is 0.328. The number of aryl methyl sites for hydroxylation is 1. The van der Waals surface area contributed by atoms with E-state index < -0.39 is 15.8 Å². The number of amides is 1. The van der Waals surface area contributed by atoms with Crippen molar-refractivity contribution in [2.45, 2.75) is 37.9 Å². The average Bonchev–Trinajstić information content (AvgIpc) is 3.37. The molecule has 0 spiro atoms. The number of aromatic nitrogens is 3. The van der Waals surface area contributed by atoms with Crippen LogP contribution in [0.5, 0.6) is 0 Å². The Morgan fingerprint density at radius 2 is 2.23 bits per heavy atom. The minimum Gasteiger partial charge on any atom is -0.462 e. The van der Waals surface area contributed by atoms with Crippen LogP contribution in [0.25, 0.3) is 0 Å². The standard InChI is InChI=1S/C19H24N4O5S3/c1-4-7-23-17(13-6-8-31(26,27)11-13)21-22-19(23)29-10-14(24)20-15-9-12(3)16(30-15)18(25)28-5-2/h4,9,13H,1,5-8,10-11H2,2-3H3,(H,20,24)/t13-/m0/s1. The van der Waals surface area contributed by atoms with Crippen LogP contribution < -0.4 is 5.32 Å². The van der Waals surface area contributed by atoms with E-state index in [2.05, 4.69) is 22.1 Å². The molecule has 3 rings (SSSR count). The summed E-state index contributed by atoms with van der Waals surface area (Å²) < 4.78 is 30.5. The number of thiophene rings is 1. The Labute approximate surface area is 189 Å². The lowest BCUT2D eigenvalue weighted by atomic mass is 10.1. The molecule has 0 unspecified atom stereocenters. The largest absolute Gasteiger partial charge is 0.462 e. The molecule has 0 aromatic carbocycles. The number of ether oxygens (including phenoxy) is 1. The number of anilines is 1. The highest BCUT2D eigenvalue weighted by Crippen LogP contribution is 2.31. The summed E-state index contributed by atoms with van der Waals surface area (Å²) in [5.41, 5.74) is 0.744. The summed E-state index contributed by atoms with van der Waals surface area (Å²) in [5, 5.41) is 12.2.